The summed E-state index contributed by atoms with van der Waals surface area (Å²) >= 11 is 0.859. The average molecular weight is 453 g/mol. The van der Waals surface area contributed by atoms with E-state index in [9.17, 15) is 14.4 Å². The van der Waals surface area contributed by atoms with Gasteiger partial charge in [0.25, 0.3) is 5.91 Å². The number of aliphatic carboxylic acids is 1. The number of hydrogen-bond acceptors (Lipinski definition) is 7. The Balaban J connectivity index is 1.37. The van der Waals surface area contributed by atoms with Crippen LogP contribution in [0.4, 0.5) is 9.93 Å². The molecule has 2 amide bonds. The van der Waals surface area contributed by atoms with Crippen LogP contribution in [0.15, 0.2) is 54.7 Å². The molecule has 4 rings (SSSR count). The number of aliphatic hydroxyl groups is 1. The second-order valence-electron chi connectivity index (χ2n) is 7.03. The van der Waals surface area contributed by atoms with E-state index in [1.807, 2.05) is 48.5 Å². The van der Waals surface area contributed by atoms with Crippen LogP contribution in [0.5, 0.6) is 0 Å². The van der Waals surface area contributed by atoms with Gasteiger partial charge in [-0.2, -0.15) is 0 Å². The van der Waals surface area contributed by atoms with Gasteiger partial charge in [0.2, 0.25) is 0 Å². The molecule has 32 heavy (non-hydrogen) atoms. The lowest BCUT2D eigenvalue weighted by Gasteiger charge is -2.14. The number of benzene rings is 2. The third kappa shape index (κ3) is 4.32. The lowest BCUT2D eigenvalue weighted by atomic mass is 9.98. The van der Waals surface area contributed by atoms with Gasteiger partial charge in [-0.3, -0.25) is 10.1 Å². The fourth-order valence-electron chi connectivity index (χ4n) is 3.57. The van der Waals surface area contributed by atoms with Crippen molar-refractivity contribution in [2.24, 2.45) is 0 Å². The normalized spacial score (nSPS) is 13.0. The van der Waals surface area contributed by atoms with Gasteiger partial charge in [-0.1, -0.05) is 59.9 Å². The summed E-state index contributed by atoms with van der Waals surface area (Å²) in [6.45, 7) is -0.611. The molecule has 4 N–H and O–H groups in total. The maximum atomic E-state index is 12.3. The topological polar surface area (TPSA) is 138 Å². The number of carbonyl (C=O) groups is 3. The minimum absolute atomic E-state index is 0.0821. The predicted octanol–water partition coefficient (Wildman–Crippen LogP) is 2.68. The number of carboxylic acid groups (broad SMARTS) is 1. The molecule has 1 atom stereocenters. The number of aliphatic hydroxyl groups excluding tert-OH is 1. The Hall–Kier alpha value is -3.76. The lowest BCUT2D eigenvalue weighted by Crippen LogP contribution is -2.43. The number of anilines is 1. The van der Waals surface area contributed by atoms with Crippen LogP contribution in [0.1, 0.15) is 26.7 Å². The van der Waals surface area contributed by atoms with E-state index in [0.717, 1.165) is 33.6 Å². The van der Waals surface area contributed by atoms with E-state index in [1.54, 1.807) is 0 Å². The molecule has 10 heteroatoms. The summed E-state index contributed by atoms with van der Waals surface area (Å²) in [4.78, 5) is 39.3. The highest BCUT2D eigenvalue weighted by atomic mass is 32.1. The number of fused-ring (bicyclic) bond motifs is 3. The number of thiazole rings is 1. The minimum atomic E-state index is -1.43. The first kappa shape index (κ1) is 21.5. The average Bonchev–Trinajstić information content (AvgIpc) is 3.38. The predicted molar refractivity (Wildman–Crippen MR) is 117 cm³/mol. The number of aromatic nitrogens is 1. The summed E-state index contributed by atoms with van der Waals surface area (Å²) in [6.07, 6.45) is 0.488. The van der Waals surface area contributed by atoms with Crippen LogP contribution < -0.4 is 10.6 Å². The van der Waals surface area contributed by atoms with E-state index in [4.69, 9.17) is 14.9 Å². The molecule has 1 heterocycles. The van der Waals surface area contributed by atoms with Crippen molar-refractivity contribution in [3.63, 3.8) is 0 Å². The van der Waals surface area contributed by atoms with Crippen molar-refractivity contribution in [1.29, 1.82) is 0 Å². The third-order valence-corrected chi connectivity index (χ3v) is 5.98. The molecule has 1 aliphatic rings. The summed E-state index contributed by atoms with van der Waals surface area (Å²) in [5, 5.41) is 22.7. The molecule has 1 aliphatic carbocycles. The molecule has 2 aromatic carbocycles. The Bertz CT molecular complexity index is 1130. The Labute approximate surface area is 186 Å². The van der Waals surface area contributed by atoms with Gasteiger partial charge < -0.3 is 20.3 Å². The van der Waals surface area contributed by atoms with Crippen molar-refractivity contribution < 1.29 is 29.3 Å². The number of hydrogen-bond donors (Lipinski definition) is 4. The van der Waals surface area contributed by atoms with Gasteiger partial charge in [0, 0.05) is 5.92 Å². The zero-order valence-electron chi connectivity index (χ0n) is 16.6. The van der Waals surface area contributed by atoms with Crippen molar-refractivity contribution in [2.45, 2.75) is 12.0 Å². The van der Waals surface area contributed by atoms with Gasteiger partial charge in [-0.25, -0.2) is 14.6 Å². The van der Waals surface area contributed by atoms with Crippen molar-refractivity contribution in [3.8, 4) is 11.1 Å². The molecule has 0 saturated heterocycles. The van der Waals surface area contributed by atoms with E-state index < -0.39 is 30.6 Å². The number of ether oxygens (including phenoxy) is 1. The van der Waals surface area contributed by atoms with Crippen LogP contribution >= 0.6 is 11.3 Å². The Morgan fingerprint density at radius 2 is 1.69 bits per heavy atom. The summed E-state index contributed by atoms with van der Waals surface area (Å²) in [5.41, 5.74) is 4.42. The highest BCUT2D eigenvalue weighted by Crippen LogP contribution is 2.44. The molecule has 0 spiro atoms. The van der Waals surface area contributed by atoms with Crippen molar-refractivity contribution in [1.82, 2.24) is 10.3 Å². The largest absolute Gasteiger partial charge is 0.480 e. The molecular formula is C22H19N3O6S. The van der Waals surface area contributed by atoms with Crippen molar-refractivity contribution in [3.05, 3.63) is 70.7 Å². The molecular weight excluding hydrogens is 434 g/mol. The fraction of sp³-hybridized carbons (Fsp3) is 0.182. The Kier molecular flexibility index (Phi) is 6.15. The summed E-state index contributed by atoms with van der Waals surface area (Å²) in [5.74, 6) is -2.16. The number of carbonyl (C=O) groups excluding carboxylic acids is 2. The molecule has 0 fully saturated rings. The first-order chi connectivity index (χ1) is 15.5. The highest BCUT2D eigenvalue weighted by Gasteiger charge is 2.29. The number of nitrogens with one attached hydrogen (secondary N) is 2. The van der Waals surface area contributed by atoms with E-state index in [0.29, 0.717) is 0 Å². The zero-order valence-corrected chi connectivity index (χ0v) is 17.5. The highest BCUT2D eigenvalue weighted by molar-refractivity contribution is 7.17. The number of nitrogens with zero attached hydrogens (tertiary/aromatic N) is 1. The van der Waals surface area contributed by atoms with Crippen molar-refractivity contribution in [2.75, 3.05) is 18.5 Å². The summed E-state index contributed by atoms with van der Waals surface area (Å²) < 4.78 is 5.43. The first-order valence-corrected chi connectivity index (χ1v) is 10.5. The Morgan fingerprint density at radius 1 is 1.06 bits per heavy atom. The molecule has 1 aromatic heterocycles. The third-order valence-electron chi connectivity index (χ3n) is 5.07. The van der Waals surface area contributed by atoms with E-state index in [1.165, 1.54) is 6.20 Å². The minimum Gasteiger partial charge on any atom is -0.480 e. The smallest absolute Gasteiger partial charge is 0.413 e. The van der Waals surface area contributed by atoms with E-state index in [2.05, 4.69) is 15.6 Å². The first-order valence-electron chi connectivity index (χ1n) is 9.70. The number of carboxylic acids is 1. The lowest BCUT2D eigenvalue weighted by molar-refractivity contribution is -0.140. The van der Waals surface area contributed by atoms with Crippen LogP contribution in [-0.4, -0.2) is 52.4 Å². The maximum Gasteiger partial charge on any atom is 0.413 e. The van der Waals surface area contributed by atoms with Crippen LogP contribution in [0, 0.1) is 0 Å². The van der Waals surface area contributed by atoms with Crippen LogP contribution in [0.3, 0.4) is 0 Å². The monoisotopic (exact) mass is 453 g/mol. The SMILES string of the molecule is O=C(Nc1ncc(C(=O)N[C@H](CO)C(=O)O)s1)OCC1c2ccccc2-c2ccccc21. The van der Waals surface area contributed by atoms with Gasteiger partial charge in [-0.15, -0.1) is 0 Å². The Morgan fingerprint density at radius 3 is 2.28 bits per heavy atom. The van der Waals surface area contributed by atoms with Gasteiger partial charge in [0.15, 0.2) is 11.2 Å². The number of amides is 2. The standard InChI is InChI=1S/C22H19N3O6S/c26-10-17(20(28)29)24-19(27)18-9-23-21(32-18)25-22(30)31-11-16-14-7-3-1-5-12(14)13-6-2-4-8-15(13)16/h1-9,16-17,26H,10-11H2,(H,24,27)(H,28,29)(H,23,25,30)/t17-/m1/s1. The van der Waals surface area contributed by atoms with Gasteiger partial charge >= 0.3 is 12.1 Å². The van der Waals surface area contributed by atoms with E-state index >= 15 is 0 Å². The van der Waals surface area contributed by atoms with Crippen LogP contribution in [-0.2, 0) is 9.53 Å². The molecule has 3 aromatic rings. The molecule has 9 nitrogen and oxygen atoms in total. The molecule has 0 aliphatic heterocycles. The van der Waals surface area contributed by atoms with Crippen LogP contribution in [0.2, 0.25) is 0 Å². The molecule has 0 bridgehead atoms. The van der Waals surface area contributed by atoms with Gasteiger partial charge in [0.05, 0.1) is 12.8 Å². The quantitative estimate of drug-likeness (QED) is 0.431. The zero-order chi connectivity index (χ0) is 22.7. The van der Waals surface area contributed by atoms with Crippen molar-refractivity contribution >= 4 is 34.4 Å². The molecule has 0 unspecified atom stereocenters. The molecule has 0 radical (unpaired) electrons. The summed E-state index contributed by atoms with van der Waals surface area (Å²) in [6, 6.07) is 14.5. The second-order valence-corrected chi connectivity index (χ2v) is 8.06. The van der Waals surface area contributed by atoms with Gasteiger partial charge in [0.1, 0.15) is 11.5 Å². The maximum absolute atomic E-state index is 12.3. The van der Waals surface area contributed by atoms with Gasteiger partial charge in [-0.05, 0) is 22.3 Å². The summed E-state index contributed by atoms with van der Waals surface area (Å²) in [7, 11) is 0. The number of rotatable bonds is 7. The molecule has 164 valence electrons. The van der Waals surface area contributed by atoms with Crippen LogP contribution in [0.25, 0.3) is 11.1 Å². The fourth-order valence-corrected chi connectivity index (χ4v) is 4.28. The second kappa shape index (κ2) is 9.16. The van der Waals surface area contributed by atoms with E-state index in [-0.39, 0.29) is 22.5 Å². The molecule has 0 saturated carbocycles.